The maximum Gasteiger partial charge on any atom is 0.173 e. The highest BCUT2D eigenvalue weighted by Crippen LogP contribution is 2.26. The molecule has 1 aliphatic heterocycles. The Morgan fingerprint density at radius 2 is 1.64 bits per heavy atom. The van der Waals surface area contributed by atoms with Gasteiger partial charge in [0, 0.05) is 54.0 Å². The molecule has 1 unspecified atom stereocenters. The summed E-state index contributed by atoms with van der Waals surface area (Å²) >= 11 is 18.2. The fourth-order valence-corrected chi connectivity index (χ4v) is 4.17. The van der Waals surface area contributed by atoms with Crippen molar-refractivity contribution in [2.24, 2.45) is 0 Å². The molecule has 2 aromatic carbocycles. The van der Waals surface area contributed by atoms with E-state index in [0.29, 0.717) is 5.92 Å². The van der Waals surface area contributed by atoms with Crippen LogP contribution in [0.3, 0.4) is 0 Å². The van der Waals surface area contributed by atoms with Gasteiger partial charge in [-0.25, -0.2) is 0 Å². The summed E-state index contributed by atoms with van der Waals surface area (Å²) in [4.78, 5) is 4.59. The number of thiocarbonyl (C=S) groups is 1. The van der Waals surface area contributed by atoms with E-state index < -0.39 is 0 Å². The van der Waals surface area contributed by atoms with Crippen LogP contribution in [0.1, 0.15) is 37.3 Å². The van der Waals surface area contributed by atoms with E-state index >= 15 is 0 Å². The highest BCUT2D eigenvalue weighted by Gasteiger charge is 2.20. The lowest BCUT2D eigenvalue weighted by Gasteiger charge is -2.36. The molecule has 0 amide bonds. The standard InChI is InChI=1S/C22H27Cl2N3S/c1-3-16(2)17-7-9-18(10-8-17)25-22(28)27-13-11-26(12-14-27)15-19-20(23)5-4-6-21(19)24/h4-10,16H,3,11-15H2,1-2H3,(H,25,28). The Bertz CT molecular complexity index is 782. The molecule has 0 saturated carbocycles. The van der Waals surface area contributed by atoms with Gasteiger partial charge in [0.1, 0.15) is 0 Å². The average Bonchev–Trinajstić information content (AvgIpc) is 2.71. The second-order valence-electron chi connectivity index (χ2n) is 7.32. The van der Waals surface area contributed by atoms with Gasteiger partial charge in [-0.1, -0.05) is 55.2 Å². The van der Waals surface area contributed by atoms with E-state index in [0.717, 1.165) is 65.6 Å². The fourth-order valence-electron chi connectivity index (χ4n) is 3.35. The van der Waals surface area contributed by atoms with Gasteiger partial charge in [0.05, 0.1) is 0 Å². The monoisotopic (exact) mass is 435 g/mol. The number of anilines is 1. The molecule has 0 aliphatic carbocycles. The molecular formula is C22H27Cl2N3S. The first-order valence-corrected chi connectivity index (χ1v) is 11.0. The second-order valence-corrected chi connectivity index (χ2v) is 8.53. The van der Waals surface area contributed by atoms with Gasteiger partial charge in [-0.15, -0.1) is 0 Å². The van der Waals surface area contributed by atoms with Crippen LogP contribution < -0.4 is 5.32 Å². The van der Waals surface area contributed by atoms with Crippen molar-refractivity contribution in [3.05, 3.63) is 63.6 Å². The van der Waals surface area contributed by atoms with Crippen molar-refractivity contribution >= 4 is 46.2 Å². The second kappa shape index (κ2) is 9.93. The van der Waals surface area contributed by atoms with Crippen LogP contribution in [0.4, 0.5) is 5.69 Å². The number of hydrogen-bond donors (Lipinski definition) is 1. The molecule has 150 valence electrons. The molecule has 0 bridgehead atoms. The van der Waals surface area contributed by atoms with Gasteiger partial charge >= 0.3 is 0 Å². The summed E-state index contributed by atoms with van der Waals surface area (Å²) in [6, 6.07) is 14.3. The molecule has 0 spiro atoms. The average molecular weight is 436 g/mol. The number of piperazine rings is 1. The van der Waals surface area contributed by atoms with E-state index in [1.165, 1.54) is 5.56 Å². The fraction of sp³-hybridized carbons (Fsp3) is 0.409. The van der Waals surface area contributed by atoms with Gasteiger partial charge in [0.2, 0.25) is 0 Å². The van der Waals surface area contributed by atoms with E-state index in [9.17, 15) is 0 Å². The molecule has 1 N–H and O–H groups in total. The minimum Gasteiger partial charge on any atom is -0.346 e. The third kappa shape index (κ3) is 5.38. The quantitative estimate of drug-likeness (QED) is 0.578. The van der Waals surface area contributed by atoms with Crippen LogP contribution in [0, 0.1) is 0 Å². The number of nitrogens with zero attached hydrogens (tertiary/aromatic N) is 2. The molecule has 1 saturated heterocycles. The maximum absolute atomic E-state index is 6.31. The number of benzene rings is 2. The zero-order valence-corrected chi connectivity index (χ0v) is 18.7. The van der Waals surface area contributed by atoms with Gasteiger partial charge in [0.15, 0.2) is 5.11 Å². The molecule has 2 aromatic rings. The van der Waals surface area contributed by atoms with Crippen LogP contribution in [0.2, 0.25) is 10.0 Å². The van der Waals surface area contributed by atoms with Crippen LogP contribution in [-0.2, 0) is 6.54 Å². The van der Waals surface area contributed by atoms with E-state index in [2.05, 4.69) is 53.2 Å². The molecule has 1 atom stereocenters. The van der Waals surface area contributed by atoms with E-state index in [-0.39, 0.29) is 0 Å². The summed E-state index contributed by atoms with van der Waals surface area (Å²) in [5, 5.41) is 5.62. The van der Waals surface area contributed by atoms with Crippen molar-refractivity contribution in [2.75, 3.05) is 31.5 Å². The molecule has 3 rings (SSSR count). The Balaban J connectivity index is 1.51. The number of halogens is 2. The minimum absolute atomic E-state index is 0.584. The van der Waals surface area contributed by atoms with Crippen molar-refractivity contribution in [1.29, 1.82) is 0 Å². The number of nitrogens with one attached hydrogen (secondary N) is 1. The van der Waals surface area contributed by atoms with E-state index in [4.69, 9.17) is 35.4 Å². The summed E-state index contributed by atoms with van der Waals surface area (Å²) in [5.74, 6) is 0.584. The molecular weight excluding hydrogens is 409 g/mol. The van der Waals surface area contributed by atoms with Gasteiger partial charge in [-0.05, 0) is 54.4 Å². The lowest BCUT2D eigenvalue weighted by molar-refractivity contribution is 0.177. The summed E-state index contributed by atoms with van der Waals surface area (Å²) in [5.41, 5.74) is 3.41. The Kier molecular flexibility index (Phi) is 7.58. The lowest BCUT2D eigenvalue weighted by atomic mass is 9.99. The van der Waals surface area contributed by atoms with Crippen LogP contribution in [0.25, 0.3) is 0 Å². The SMILES string of the molecule is CCC(C)c1ccc(NC(=S)N2CCN(Cc3c(Cl)cccc3Cl)CC2)cc1. The molecule has 1 fully saturated rings. The lowest BCUT2D eigenvalue weighted by Crippen LogP contribution is -2.49. The Morgan fingerprint density at radius 3 is 2.21 bits per heavy atom. The van der Waals surface area contributed by atoms with Crippen molar-refractivity contribution in [3.8, 4) is 0 Å². The van der Waals surface area contributed by atoms with Crippen molar-refractivity contribution < 1.29 is 0 Å². The Labute approximate surface area is 183 Å². The smallest absolute Gasteiger partial charge is 0.173 e. The van der Waals surface area contributed by atoms with Crippen LogP contribution in [-0.4, -0.2) is 41.1 Å². The zero-order valence-electron chi connectivity index (χ0n) is 16.4. The first-order valence-electron chi connectivity index (χ1n) is 9.79. The minimum atomic E-state index is 0.584. The largest absolute Gasteiger partial charge is 0.346 e. The van der Waals surface area contributed by atoms with Crippen molar-refractivity contribution in [1.82, 2.24) is 9.80 Å². The van der Waals surface area contributed by atoms with Gasteiger partial charge in [0.25, 0.3) is 0 Å². The zero-order chi connectivity index (χ0) is 20.1. The van der Waals surface area contributed by atoms with Crippen molar-refractivity contribution in [2.45, 2.75) is 32.7 Å². The van der Waals surface area contributed by atoms with Crippen LogP contribution in [0.15, 0.2) is 42.5 Å². The summed E-state index contributed by atoms with van der Waals surface area (Å²) in [7, 11) is 0. The number of hydrogen-bond acceptors (Lipinski definition) is 2. The number of rotatable bonds is 5. The van der Waals surface area contributed by atoms with Crippen LogP contribution >= 0.6 is 35.4 Å². The van der Waals surface area contributed by atoms with E-state index in [1.54, 1.807) is 0 Å². The Morgan fingerprint density at radius 1 is 1.04 bits per heavy atom. The molecule has 6 heteroatoms. The predicted molar refractivity (Wildman–Crippen MR) is 125 cm³/mol. The molecule has 3 nitrogen and oxygen atoms in total. The molecule has 0 radical (unpaired) electrons. The molecule has 1 aliphatic rings. The van der Waals surface area contributed by atoms with E-state index in [1.807, 2.05) is 18.2 Å². The third-order valence-electron chi connectivity index (χ3n) is 5.45. The van der Waals surface area contributed by atoms with Gasteiger partial charge in [-0.3, -0.25) is 4.90 Å². The maximum atomic E-state index is 6.31. The third-order valence-corrected chi connectivity index (χ3v) is 6.51. The Hall–Kier alpha value is -1.33. The van der Waals surface area contributed by atoms with Crippen molar-refractivity contribution in [3.63, 3.8) is 0 Å². The van der Waals surface area contributed by atoms with Gasteiger partial charge < -0.3 is 10.2 Å². The highest BCUT2D eigenvalue weighted by atomic mass is 35.5. The first kappa shape index (κ1) is 21.4. The molecule has 0 aromatic heterocycles. The normalized spacial score (nSPS) is 16.1. The summed E-state index contributed by atoms with van der Waals surface area (Å²) in [6.45, 7) is 8.86. The first-order chi connectivity index (χ1) is 13.5. The summed E-state index contributed by atoms with van der Waals surface area (Å²) in [6.07, 6.45) is 1.15. The molecule has 28 heavy (non-hydrogen) atoms. The van der Waals surface area contributed by atoms with Gasteiger partial charge in [-0.2, -0.15) is 0 Å². The predicted octanol–water partition coefficient (Wildman–Crippen LogP) is 6.02. The summed E-state index contributed by atoms with van der Waals surface area (Å²) < 4.78 is 0. The molecule has 1 heterocycles. The highest BCUT2D eigenvalue weighted by molar-refractivity contribution is 7.80. The van der Waals surface area contributed by atoms with Crippen LogP contribution in [0.5, 0.6) is 0 Å². The topological polar surface area (TPSA) is 18.5 Å².